The van der Waals surface area contributed by atoms with Crippen molar-refractivity contribution < 1.29 is 5.11 Å². The van der Waals surface area contributed by atoms with Crippen molar-refractivity contribution in [2.45, 2.75) is 117 Å². The van der Waals surface area contributed by atoms with Crippen molar-refractivity contribution in [2.75, 3.05) is 0 Å². The topological polar surface area (TPSA) is 63.8 Å². The molecule has 1 N–H and O–H groups in total. The van der Waals surface area contributed by atoms with Crippen LogP contribution in [0.2, 0.25) is 0 Å². The Morgan fingerprint density at radius 1 is 1.03 bits per heavy atom. The minimum absolute atomic E-state index is 0.378. The predicted molar refractivity (Wildman–Crippen MR) is 127 cm³/mol. The van der Waals surface area contributed by atoms with Gasteiger partial charge in [0.15, 0.2) is 5.82 Å². The standard InChI is InChI=1S/C27H46N4O/c1-6-12-27(32)15-14-25(4)20(16-27)7-8-21-23-10-9-22(26(23,5)13-11-24(21)25)18(2)17-31-29-19(3)28-30-31/h18,20-24,32H,6-17H2,1-5H3/t18?,20-,21+,22?,23+,24+,25+,26-,27-/m1/s1. The van der Waals surface area contributed by atoms with Crippen LogP contribution in [0.4, 0.5) is 0 Å². The highest BCUT2D eigenvalue weighted by Gasteiger charge is 2.61. The largest absolute Gasteiger partial charge is 0.390 e. The molecule has 0 spiro atoms. The molecular formula is C27H46N4O. The van der Waals surface area contributed by atoms with Gasteiger partial charge in [-0.05, 0) is 123 Å². The summed E-state index contributed by atoms with van der Waals surface area (Å²) >= 11 is 0. The van der Waals surface area contributed by atoms with Gasteiger partial charge in [0.05, 0.1) is 12.1 Å². The third kappa shape index (κ3) is 3.56. The second kappa shape index (κ2) is 8.06. The first kappa shape index (κ1) is 22.8. The highest BCUT2D eigenvalue weighted by atomic mass is 16.3. The maximum absolute atomic E-state index is 11.2. The van der Waals surface area contributed by atoms with E-state index < -0.39 is 0 Å². The van der Waals surface area contributed by atoms with Crippen LogP contribution in [0.15, 0.2) is 0 Å². The van der Waals surface area contributed by atoms with Gasteiger partial charge in [-0.3, -0.25) is 0 Å². The van der Waals surface area contributed by atoms with Crippen molar-refractivity contribution in [1.29, 1.82) is 0 Å². The Labute approximate surface area is 195 Å². The summed E-state index contributed by atoms with van der Waals surface area (Å²) in [5.41, 5.74) is 0.545. The summed E-state index contributed by atoms with van der Waals surface area (Å²) in [5, 5.41) is 24.0. The second-order valence-electron chi connectivity index (χ2n) is 12.9. The van der Waals surface area contributed by atoms with Gasteiger partial charge in [0.2, 0.25) is 0 Å². The van der Waals surface area contributed by atoms with E-state index in [-0.39, 0.29) is 5.60 Å². The van der Waals surface area contributed by atoms with Gasteiger partial charge in [-0.1, -0.05) is 34.1 Å². The van der Waals surface area contributed by atoms with Crippen molar-refractivity contribution in [3.8, 4) is 0 Å². The Morgan fingerprint density at radius 2 is 1.81 bits per heavy atom. The lowest BCUT2D eigenvalue weighted by molar-refractivity contribution is -0.154. The molecule has 0 amide bonds. The molecule has 9 atom stereocenters. The fourth-order valence-electron chi connectivity index (χ4n) is 9.78. The maximum Gasteiger partial charge on any atom is 0.171 e. The lowest BCUT2D eigenvalue weighted by Gasteiger charge is -2.62. The first-order valence-corrected chi connectivity index (χ1v) is 13.7. The molecule has 0 saturated heterocycles. The fraction of sp³-hybridized carbons (Fsp3) is 0.963. The Hall–Kier alpha value is -0.970. The van der Waals surface area contributed by atoms with Crippen LogP contribution >= 0.6 is 0 Å². The number of hydrogen-bond acceptors (Lipinski definition) is 4. The first-order valence-electron chi connectivity index (χ1n) is 13.7. The number of aliphatic hydroxyl groups is 1. The zero-order valence-corrected chi connectivity index (χ0v) is 21.2. The maximum atomic E-state index is 11.2. The molecular weight excluding hydrogens is 396 g/mol. The zero-order chi connectivity index (χ0) is 22.7. The van der Waals surface area contributed by atoms with Crippen molar-refractivity contribution in [3.05, 3.63) is 5.82 Å². The Bertz CT molecular complexity index is 824. The second-order valence-corrected chi connectivity index (χ2v) is 12.9. The summed E-state index contributed by atoms with van der Waals surface area (Å²) < 4.78 is 0. The van der Waals surface area contributed by atoms with Gasteiger partial charge in [-0.2, -0.15) is 4.80 Å². The summed E-state index contributed by atoms with van der Waals surface area (Å²) in [5.74, 6) is 5.53. The molecule has 4 saturated carbocycles. The molecule has 0 bridgehead atoms. The summed E-state index contributed by atoms with van der Waals surface area (Å²) in [7, 11) is 0. The molecule has 5 rings (SSSR count). The molecule has 5 nitrogen and oxygen atoms in total. The molecule has 180 valence electrons. The van der Waals surface area contributed by atoms with Gasteiger partial charge in [0, 0.05) is 0 Å². The summed E-state index contributed by atoms with van der Waals surface area (Å²) in [6, 6.07) is 0. The third-order valence-corrected chi connectivity index (χ3v) is 11.3. The molecule has 4 aliphatic carbocycles. The average Bonchev–Trinajstić information content (AvgIpc) is 3.31. The number of tetrazole rings is 1. The van der Waals surface area contributed by atoms with E-state index in [1.54, 1.807) is 0 Å². The number of rotatable bonds is 5. The van der Waals surface area contributed by atoms with Gasteiger partial charge < -0.3 is 5.11 Å². The Kier molecular flexibility index (Phi) is 5.74. The minimum atomic E-state index is -0.378. The Morgan fingerprint density at radius 3 is 2.53 bits per heavy atom. The van der Waals surface area contributed by atoms with Crippen molar-refractivity contribution in [2.24, 2.45) is 46.3 Å². The van der Waals surface area contributed by atoms with E-state index in [9.17, 15) is 5.11 Å². The first-order chi connectivity index (χ1) is 15.2. The molecule has 4 fully saturated rings. The summed E-state index contributed by atoms with van der Waals surface area (Å²) in [6.07, 6.45) is 13.8. The van der Waals surface area contributed by atoms with Crippen LogP contribution < -0.4 is 0 Å². The number of aryl methyl sites for hydroxylation is 1. The van der Waals surface area contributed by atoms with E-state index in [0.717, 1.165) is 67.6 Å². The highest BCUT2D eigenvalue weighted by molar-refractivity contribution is 5.10. The molecule has 1 aromatic heterocycles. The number of nitrogens with zero attached hydrogens (tertiary/aromatic N) is 4. The van der Waals surface area contributed by atoms with Crippen LogP contribution in [-0.4, -0.2) is 30.9 Å². The monoisotopic (exact) mass is 442 g/mol. The zero-order valence-electron chi connectivity index (χ0n) is 21.2. The van der Waals surface area contributed by atoms with Crippen molar-refractivity contribution in [3.63, 3.8) is 0 Å². The highest BCUT2D eigenvalue weighted by Crippen LogP contribution is 2.68. The van der Waals surface area contributed by atoms with Gasteiger partial charge in [0.25, 0.3) is 0 Å². The fourth-order valence-corrected chi connectivity index (χ4v) is 9.78. The molecule has 5 heteroatoms. The van der Waals surface area contributed by atoms with Gasteiger partial charge in [-0.15, -0.1) is 10.2 Å². The molecule has 1 aromatic rings. The van der Waals surface area contributed by atoms with E-state index >= 15 is 0 Å². The molecule has 32 heavy (non-hydrogen) atoms. The predicted octanol–water partition coefficient (Wildman–Crippen LogP) is 5.81. The normalized spacial score (nSPS) is 46.9. The van der Waals surface area contributed by atoms with E-state index in [4.69, 9.17) is 0 Å². The van der Waals surface area contributed by atoms with E-state index in [1.165, 1.54) is 44.9 Å². The number of fused-ring (bicyclic) bond motifs is 5. The Balaban J connectivity index is 1.31. The van der Waals surface area contributed by atoms with Crippen molar-refractivity contribution in [1.82, 2.24) is 20.2 Å². The van der Waals surface area contributed by atoms with Crippen LogP contribution in [0.25, 0.3) is 0 Å². The molecule has 1 heterocycles. The van der Waals surface area contributed by atoms with Crippen molar-refractivity contribution >= 4 is 0 Å². The molecule has 4 aliphatic rings. The van der Waals surface area contributed by atoms with Crippen LogP contribution in [0, 0.1) is 53.3 Å². The summed E-state index contributed by atoms with van der Waals surface area (Å²) in [4.78, 5) is 1.83. The quantitative estimate of drug-likeness (QED) is 0.625. The minimum Gasteiger partial charge on any atom is -0.390 e. The van der Waals surface area contributed by atoms with Crippen LogP contribution in [0.5, 0.6) is 0 Å². The lowest BCUT2D eigenvalue weighted by Crippen LogP contribution is -2.56. The van der Waals surface area contributed by atoms with Crippen LogP contribution in [0.1, 0.15) is 104 Å². The third-order valence-electron chi connectivity index (χ3n) is 11.3. The average molecular weight is 443 g/mol. The molecule has 0 radical (unpaired) electrons. The van der Waals surface area contributed by atoms with Gasteiger partial charge in [-0.25, -0.2) is 0 Å². The van der Waals surface area contributed by atoms with Crippen LogP contribution in [0.3, 0.4) is 0 Å². The number of aromatic nitrogens is 4. The summed E-state index contributed by atoms with van der Waals surface area (Å²) in [6.45, 7) is 12.7. The molecule has 0 aromatic carbocycles. The SMILES string of the molecule is CCC[C@@]1(O)CC[C@@]2(C)[C@H](CC[C@@H]3[C@@H]2CC[C@]2(C)C(C(C)Cn4nnc(C)n4)CC[C@@H]32)C1. The molecule has 0 aliphatic heterocycles. The van der Waals surface area contributed by atoms with E-state index in [2.05, 4.69) is 43.1 Å². The van der Waals surface area contributed by atoms with Gasteiger partial charge >= 0.3 is 0 Å². The number of hydrogen-bond donors (Lipinski definition) is 1. The van der Waals surface area contributed by atoms with Gasteiger partial charge in [0.1, 0.15) is 0 Å². The van der Waals surface area contributed by atoms with E-state index in [1.807, 2.05) is 11.7 Å². The van der Waals surface area contributed by atoms with Crippen LogP contribution in [-0.2, 0) is 6.54 Å². The molecule has 2 unspecified atom stereocenters. The van der Waals surface area contributed by atoms with E-state index in [0.29, 0.717) is 16.7 Å². The smallest absolute Gasteiger partial charge is 0.171 e. The lowest BCUT2D eigenvalue weighted by atomic mass is 9.43.